The van der Waals surface area contributed by atoms with Crippen LogP contribution < -0.4 is 5.32 Å². The summed E-state index contributed by atoms with van der Waals surface area (Å²) in [7, 11) is 0. The van der Waals surface area contributed by atoms with E-state index >= 15 is 0 Å². The number of para-hydroxylation sites is 1. The van der Waals surface area contributed by atoms with Gasteiger partial charge in [0.1, 0.15) is 10.9 Å². The number of carboxylic acids is 1. The Kier molecular flexibility index (Phi) is 6.28. The van der Waals surface area contributed by atoms with Gasteiger partial charge in [-0.1, -0.05) is 64.2 Å². The summed E-state index contributed by atoms with van der Waals surface area (Å²) in [5.41, 5.74) is 0.959. The first-order valence-electron chi connectivity index (χ1n) is 7.98. The average molecular weight is 477 g/mol. The summed E-state index contributed by atoms with van der Waals surface area (Å²) < 4.78 is 1.15. The van der Waals surface area contributed by atoms with Gasteiger partial charge in [0.15, 0.2) is 0 Å². The number of amides is 2. The third kappa shape index (κ3) is 4.67. The summed E-state index contributed by atoms with van der Waals surface area (Å²) in [6, 6.07) is 13.5. The van der Waals surface area contributed by atoms with Gasteiger partial charge in [-0.05, 0) is 35.9 Å². The monoisotopic (exact) mass is 476 g/mol. The van der Waals surface area contributed by atoms with E-state index < -0.39 is 11.9 Å². The zero-order valence-corrected chi connectivity index (χ0v) is 17.4. The molecular formula is C19H13BrN2O4S2. The lowest BCUT2D eigenvalue weighted by molar-refractivity contribution is -0.126. The lowest BCUT2D eigenvalue weighted by Crippen LogP contribution is -2.36. The molecule has 1 heterocycles. The Hall–Kier alpha value is -2.49. The predicted molar refractivity (Wildman–Crippen MR) is 116 cm³/mol. The van der Waals surface area contributed by atoms with Crippen LogP contribution in [0.25, 0.3) is 6.08 Å². The molecule has 0 saturated carbocycles. The fourth-order valence-corrected chi connectivity index (χ4v) is 4.17. The molecule has 0 aliphatic carbocycles. The molecule has 2 aromatic carbocycles. The summed E-state index contributed by atoms with van der Waals surface area (Å²) in [5, 5.41) is 11.7. The van der Waals surface area contributed by atoms with Crippen LogP contribution in [0.1, 0.15) is 15.9 Å². The third-order valence-corrected chi connectivity index (χ3v) is 5.62. The van der Waals surface area contributed by atoms with E-state index in [0.717, 1.165) is 21.8 Å². The highest BCUT2D eigenvalue weighted by Crippen LogP contribution is 2.32. The number of nitrogens with zero attached hydrogens (tertiary/aromatic N) is 1. The number of anilines is 1. The van der Waals surface area contributed by atoms with E-state index in [1.165, 1.54) is 17.0 Å². The molecule has 3 rings (SSSR count). The van der Waals surface area contributed by atoms with Gasteiger partial charge in [0.2, 0.25) is 5.91 Å². The second-order valence-electron chi connectivity index (χ2n) is 5.72. The Bertz CT molecular complexity index is 1020. The maximum absolute atomic E-state index is 12.6. The van der Waals surface area contributed by atoms with Crippen molar-refractivity contribution in [1.29, 1.82) is 0 Å². The average Bonchev–Trinajstić information content (AvgIpc) is 2.89. The van der Waals surface area contributed by atoms with Gasteiger partial charge >= 0.3 is 5.97 Å². The minimum absolute atomic E-state index is 0.0317. The highest BCUT2D eigenvalue weighted by molar-refractivity contribution is 9.10. The maximum atomic E-state index is 12.6. The molecule has 2 amide bonds. The molecule has 2 aromatic rings. The Morgan fingerprint density at radius 3 is 2.68 bits per heavy atom. The number of halogens is 1. The number of thiocarbonyl (C=S) groups is 1. The van der Waals surface area contributed by atoms with E-state index in [4.69, 9.17) is 12.2 Å². The molecule has 6 nitrogen and oxygen atoms in total. The largest absolute Gasteiger partial charge is 0.478 e. The molecule has 2 N–H and O–H groups in total. The van der Waals surface area contributed by atoms with Crippen molar-refractivity contribution in [3.63, 3.8) is 0 Å². The Labute approximate surface area is 178 Å². The van der Waals surface area contributed by atoms with Gasteiger partial charge < -0.3 is 10.4 Å². The number of carboxylic acid groups (broad SMARTS) is 1. The molecule has 0 aromatic heterocycles. The van der Waals surface area contributed by atoms with E-state index in [-0.39, 0.29) is 28.0 Å². The molecule has 1 fully saturated rings. The topological polar surface area (TPSA) is 86.7 Å². The van der Waals surface area contributed by atoms with E-state index in [0.29, 0.717) is 4.91 Å². The van der Waals surface area contributed by atoms with Crippen LogP contribution >= 0.6 is 39.9 Å². The molecule has 0 radical (unpaired) electrons. The second-order valence-corrected chi connectivity index (χ2v) is 8.31. The summed E-state index contributed by atoms with van der Waals surface area (Å²) in [6.07, 6.45) is 1.71. The number of carbonyl (C=O) groups is 3. The number of thioether (sulfide) groups is 1. The van der Waals surface area contributed by atoms with Crippen LogP contribution in [-0.4, -0.2) is 38.7 Å². The summed E-state index contributed by atoms with van der Waals surface area (Å²) in [4.78, 5) is 37.8. The highest BCUT2D eigenvalue weighted by Gasteiger charge is 2.33. The van der Waals surface area contributed by atoms with Crippen molar-refractivity contribution in [3.8, 4) is 0 Å². The molecule has 0 spiro atoms. The van der Waals surface area contributed by atoms with Gasteiger partial charge in [-0.15, -0.1) is 0 Å². The van der Waals surface area contributed by atoms with Crippen LogP contribution in [0.5, 0.6) is 0 Å². The first-order valence-corrected chi connectivity index (χ1v) is 10.00. The van der Waals surface area contributed by atoms with Crippen molar-refractivity contribution in [2.24, 2.45) is 0 Å². The molecule has 28 heavy (non-hydrogen) atoms. The number of hydrogen-bond donors (Lipinski definition) is 2. The maximum Gasteiger partial charge on any atom is 0.337 e. The molecule has 1 aliphatic heterocycles. The number of nitrogens with one attached hydrogen (secondary N) is 1. The van der Waals surface area contributed by atoms with Crippen molar-refractivity contribution in [2.75, 3.05) is 11.9 Å². The zero-order valence-electron chi connectivity index (χ0n) is 14.2. The van der Waals surface area contributed by atoms with Crippen LogP contribution in [0, 0.1) is 0 Å². The van der Waals surface area contributed by atoms with Crippen molar-refractivity contribution < 1.29 is 19.5 Å². The lowest BCUT2D eigenvalue weighted by Gasteiger charge is -2.15. The summed E-state index contributed by atoms with van der Waals surface area (Å²) >= 11 is 9.73. The standard InChI is InChI=1S/C19H13BrN2O4S2/c20-12-5-3-4-11(8-12)9-15-17(24)22(19(27)28-15)10-16(23)21-14-7-2-1-6-13(14)18(25)26/h1-9H,10H2,(H,21,23)(H,25,26)/b15-9+. The van der Waals surface area contributed by atoms with E-state index in [9.17, 15) is 19.5 Å². The SMILES string of the molecule is O=C(CN1C(=O)/C(=C\c2cccc(Br)c2)SC1=S)Nc1ccccc1C(=O)O. The van der Waals surface area contributed by atoms with Gasteiger partial charge in [0.05, 0.1) is 16.2 Å². The van der Waals surface area contributed by atoms with Crippen molar-refractivity contribution >= 4 is 73.8 Å². The van der Waals surface area contributed by atoms with Crippen molar-refractivity contribution in [3.05, 3.63) is 69.0 Å². The fraction of sp³-hybridized carbons (Fsp3) is 0.0526. The minimum Gasteiger partial charge on any atom is -0.478 e. The van der Waals surface area contributed by atoms with Crippen LogP contribution in [0.4, 0.5) is 5.69 Å². The molecule has 0 unspecified atom stereocenters. The number of aromatic carboxylic acids is 1. The minimum atomic E-state index is -1.15. The molecule has 142 valence electrons. The molecule has 0 atom stereocenters. The summed E-state index contributed by atoms with van der Waals surface area (Å²) in [5.74, 6) is -2.05. The van der Waals surface area contributed by atoms with Gasteiger partial charge in [0, 0.05) is 4.47 Å². The van der Waals surface area contributed by atoms with Crippen LogP contribution in [-0.2, 0) is 9.59 Å². The predicted octanol–water partition coefficient (Wildman–Crippen LogP) is 3.99. The Balaban J connectivity index is 1.73. The van der Waals surface area contributed by atoms with Gasteiger partial charge in [-0.3, -0.25) is 14.5 Å². The van der Waals surface area contributed by atoms with E-state index in [2.05, 4.69) is 21.2 Å². The third-order valence-electron chi connectivity index (χ3n) is 3.75. The van der Waals surface area contributed by atoms with E-state index in [1.54, 1.807) is 18.2 Å². The second kappa shape index (κ2) is 8.68. The molecule has 0 bridgehead atoms. The molecule has 1 saturated heterocycles. The van der Waals surface area contributed by atoms with Crippen molar-refractivity contribution in [2.45, 2.75) is 0 Å². The first kappa shape index (κ1) is 20.2. The van der Waals surface area contributed by atoms with E-state index in [1.807, 2.05) is 24.3 Å². The van der Waals surface area contributed by atoms with Crippen LogP contribution in [0.15, 0.2) is 57.9 Å². The smallest absolute Gasteiger partial charge is 0.337 e. The van der Waals surface area contributed by atoms with Gasteiger partial charge in [0.25, 0.3) is 5.91 Å². The van der Waals surface area contributed by atoms with Gasteiger partial charge in [-0.25, -0.2) is 4.79 Å². The Morgan fingerprint density at radius 1 is 1.21 bits per heavy atom. The van der Waals surface area contributed by atoms with Gasteiger partial charge in [-0.2, -0.15) is 0 Å². The Morgan fingerprint density at radius 2 is 1.96 bits per heavy atom. The molecule has 1 aliphatic rings. The first-order chi connectivity index (χ1) is 13.3. The number of carbonyl (C=O) groups excluding carboxylic acids is 2. The lowest BCUT2D eigenvalue weighted by atomic mass is 10.2. The van der Waals surface area contributed by atoms with Crippen LogP contribution in [0.3, 0.4) is 0 Å². The molecule has 9 heteroatoms. The van der Waals surface area contributed by atoms with Crippen molar-refractivity contribution in [1.82, 2.24) is 4.90 Å². The quantitative estimate of drug-likeness (QED) is 0.501. The zero-order chi connectivity index (χ0) is 20.3. The number of hydrogen-bond acceptors (Lipinski definition) is 5. The number of benzene rings is 2. The number of rotatable bonds is 5. The fourth-order valence-electron chi connectivity index (χ4n) is 2.50. The summed E-state index contributed by atoms with van der Waals surface area (Å²) in [6.45, 7) is -0.297. The molecular weight excluding hydrogens is 464 g/mol. The normalized spacial score (nSPS) is 15.2. The van der Waals surface area contributed by atoms with Crippen LogP contribution in [0.2, 0.25) is 0 Å². The highest BCUT2D eigenvalue weighted by atomic mass is 79.9.